The maximum Gasteiger partial charge on any atom is 0.303 e. The summed E-state index contributed by atoms with van der Waals surface area (Å²) in [6, 6.07) is 0. The van der Waals surface area contributed by atoms with Crippen molar-refractivity contribution < 1.29 is 52.5 Å². The Morgan fingerprint density at radius 3 is 1.78 bits per heavy atom. The Morgan fingerprint density at radius 1 is 0.780 bits per heavy atom. The van der Waals surface area contributed by atoms with Gasteiger partial charge in [-0.05, 0) is 37.5 Å². The van der Waals surface area contributed by atoms with Crippen molar-refractivity contribution in [3.05, 3.63) is 34.9 Å². The molecule has 11 nitrogen and oxygen atoms in total. The fraction of sp³-hybridized carbons (Fsp3) is 0.600. The number of allylic oxidation sites excluding steroid dienone is 1. The first kappa shape index (κ1) is 33.4. The Labute approximate surface area is 240 Å². The van der Waals surface area contributed by atoms with Gasteiger partial charge in [0.2, 0.25) is 17.5 Å². The number of Topliss-reactive ketones (excluding diaryl/α,β-unsaturated/α-hetero) is 1. The summed E-state index contributed by atoms with van der Waals surface area (Å²) in [6.45, 7) is 14.2. The van der Waals surface area contributed by atoms with Crippen LogP contribution in [0, 0.1) is 11.3 Å². The van der Waals surface area contributed by atoms with Crippen LogP contribution in [-0.2, 0) is 52.5 Å². The van der Waals surface area contributed by atoms with Gasteiger partial charge in [-0.2, -0.15) is 0 Å². The molecule has 11 heteroatoms. The third-order valence-electron chi connectivity index (χ3n) is 7.09. The van der Waals surface area contributed by atoms with Crippen molar-refractivity contribution >= 4 is 35.6 Å². The molecule has 2 aliphatic rings. The van der Waals surface area contributed by atoms with Crippen molar-refractivity contribution in [3.63, 3.8) is 0 Å². The fourth-order valence-corrected chi connectivity index (χ4v) is 5.40. The third-order valence-corrected chi connectivity index (χ3v) is 7.09. The maximum atomic E-state index is 13.9. The van der Waals surface area contributed by atoms with Gasteiger partial charge in [0.15, 0.2) is 18.3 Å². The maximum absolute atomic E-state index is 13.9. The molecule has 0 aromatic heterocycles. The number of carbonyl (C=O) groups is 6. The Hall–Kier alpha value is -3.76. The molecule has 0 saturated heterocycles. The van der Waals surface area contributed by atoms with Crippen molar-refractivity contribution in [2.45, 2.75) is 106 Å². The summed E-state index contributed by atoms with van der Waals surface area (Å²) in [7, 11) is 0. The van der Waals surface area contributed by atoms with E-state index >= 15 is 0 Å². The molecule has 2 aliphatic carbocycles. The van der Waals surface area contributed by atoms with E-state index in [1.807, 2.05) is 0 Å². The van der Waals surface area contributed by atoms with Crippen LogP contribution in [0.3, 0.4) is 0 Å². The van der Waals surface area contributed by atoms with E-state index in [1.165, 1.54) is 40.7 Å². The van der Waals surface area contributed by atoms with Crippen LogP contribution in [0.25, 0.3) is 0 Å². The molecule has 0 spiro atoms. The topological polar surface area (TPSA) is 149 Å². The lowest BCUT2D eigenvalue weighted by atomic mass is 9.75. The number of hydrogen-bond acceptors (Lipinski definition) is 11. The molecule has 0 aliphatic heterocycles. The first-order valence-corrected chi connectivity index (χ1v) is 13.3. The Bertz CT molecular complexity index is 1200. The molecule has 0 aromatic carbocycles. The van der Waals surface area contributed by atoms with Crippen molar-refractivity contribution in [1.82, 2.24) is 0 Å². The highest BCUT2D eigenvalue weighted by Crippen LogP contribution is 2.47. The second-order valence-corrected chi connectivity index (χ2v) is 11.3. The quantitative estimate of drug-likeness (QED) is 0.269. The summed E-state index contributed by atoms with van der Waals surface area (Å²) < 4.78 is 28.5. The summed E-state index contributed by atoms with van der Waals surface area (Å²) in [5.41, 5.74) is -2.11. The molecule has 0 bridgehead atoms. The molecule has 2 rings (SSSR count). The van der Waals surface area contributed by atoms with Gasteiger partial charge in [0.1, 0.15) is 0 Å². The molecule has 226 valence electrons. The van der Waals surface area contributed by atoms with E-state index in [0.717, 1.165) is 6.92 Å². The summed E-state index contributed by atoms with van der Waals surface area (Å²) in [4.78, 5) is 75.4. The predicted octanol–water partition coefficient (Wildman–Crippen LogP) is 3.48. The molecule has 0 heterocycles. The van der Waals surface area contributed by atoms with E-state index < -0.39 is 77.0 Å². The minimum atomic E-state index is -1.86. The standard InChI is InChI=1S/C30H40O11/c1-15-11-12-29(9,10)28(40-21(7)34)25(37-18(4)31)24(36)16(2)13-23-14-17(3)27(39-20(6)33)30(23,41-22(8)35)26(15)38-19(5)32/h11,13-14,17,25-28H,12H2,1-10H3/b15-11+,16-13+/t17-,25+,26-,27+,28-,30-/m1/s1. The second-order valence-electron chi connectivity index (χ2n) is 11.3. The van der Waals surface area contributed by atoms with Crippen LogP contribution >= 0.6 is 0 Å². The first-order valence-electron chi connectivity index (χ1n) is 13.3. The van der Waals surface area contributed by atoms with Crippen LogP contribution in [0.2, 0.25) is 0 Å². The third kappa shape index (κ3) is 7.51. The van der Waals surface area contributed by atoms with Crippen LogP contribution in [0.4, 0.5) is 0 Å². The van der Waals surface area contributed by atoms with Crippen LogP contribution < -0.4 is 0 Å². The molecule has 0 unspecified atom stereocenters. The molecule has 0 amide bonds. The number of fused-ring (bicyclic) bond motifs is 1. The minimum absolute atomic E-state index is 0.0615. The van der Waals surface area contributed by atoms with Crippen LogP contribution in [0.15, 0.2) is 34.9 Å². The largest absolute Gasteiger partial charge is 0.457 e. The zero-order valence-corrected chi connectivity index (χ0v) is 25.3. The first-order chi connectivity index (χ1) is 18.8. The molecular formula is C30H40O11. The molecule has 6 atom stereocenters. The van der Waals surface area contributed by atoms with Crippen molar-refractivity contribution in [1.29, 1.82) is 0 Å². The van der Waals surface area contributed by atoms with Gasteiger partial charge >= 0.3 is 29.8 Å². The Kier molecular flexibility index (Phi) is 10.5. The number of ketones is 1. The van der Waals surface area contributed by atoms with Gasteiger partial charge in [0.05, 0.1) is 0 Å². The van der Waals surface area contributed by atoms with E-state index in [4.69, 9.17) is 23.7 Å². The van der Waals surface area contributed by atoms with Crippen molar-refractivity contribution in [2.75, 3.05) is 0 Å². The molecule has 0 fully saturated rings. The zero-order valence-electron chi connectivity index (χ0n) is 25.3. The predicted molar refractivity (Wildman–Crippen MR) is 145 cm³/mol. The van der Waals surface area contributed by atoms with Gasteiger partial charge in [0, 0.05) is 51.5 Å². The summed E-state index contributed by atoms with van der Waals surface area (Å²) in [5, 5.41) is 0. The van der Waals surface area contributed by atoms with Gasteiger partial charge in [-0.15, -0.1) is 0 Å². The molecule has 0 N–H and O–H groups in total. The number of rotatable bonds is 5. The molecular weight excluding hydrogens is 536 g/mol. The number of esters is 5. The van der Waals surface area contributed by atoms with Crippen molar-refractivity contribution in [2.24, 2.45) is 11.3 Å². The molecule has 0 radical (unpaired) electrons. The second kappa shape index (κ2) is 12.8. The number of hydrogen-bond donors (Lipinski definition) is 0. The van der Waals surface area contributed by atoms with Gasteiger partial charge < -0.3 is 23.7 Å². The monoisotopic (exact) mass is 576 g/mol. The lowest BCUT2D eigenvalue weighted by Crippen LogP contribution is -2.58. The van der Waals surface area contributed by atoms with Crippen LogP contribution in [-0.4, -0.2) is 65.6 Å². The number of ether oxygens (including phenoxy) is 5. The molecule has 41 heavy (non-hydrogen) atoms. The van der Waals surface area contributed by atoms with E-state index in [2.05, 4.69) is 0 Å². The average Bonchev–Trinajstić information content (AvgIpc) is 3.06. The van der Waals surface area contributed by atoms with Gasteiger partial charge in [0.25, 0.3) is 0 Å². The van der Waals surface area contributed by atoms with E-state index in [0.29, 0.717) is 5.57 Å². The SMILES string of the molecule is CC(=O)O[C@@H]1[C@@H](OC(C)=O)C(=O)/C(C)=C/C2=C[C@@H](C)[C@H](OC(C)=O)[C@]2(OC(C)=O)[C@H](OC(C)=O)/C(C)=C/CC1(C)C. The smallest absolute Gasteiger partial charge is 0.303 e. The highest BCUT2D eigenvalue weighted by Gasteiger charge is 2.61. The van der Waals surface area contributed by atoms with Gasteiger partial charge in [-0.1, -0.05) is 32.9 Å². The van der Waals surface area contributed by atoms with Crippen LogP contribution in [0.1, 0.15) is 75.7 Å². The Morgan fingerprint density at radius 2 is 1.29 bits per heavy atom. The lowest BCUT2D eigenvalue weighted by molar-refractivity contribution is -0.198. The molecule has 0 aromatic rings. The number of carbonyl (C=O) groups excluding carboxylic acids is 6. The minimum Gasteiger partial charge on any atom is -0.457 e. The summed E-state index contributed by atoms with van der Waals surface area (Å²) >= 11 is 0. The zero-order chi connectivity index (χ0) is 31.4. The summed E-state index contributed by atoms with van der Waals surface area (Å²) in [6.07, 6.45) is -0.136. The van der Waals surface area contributed by atoms with E-state index in [9.17, 15) is 28.8 Å². The van der Waals surface area contributed by atoms with Crippen molar-refractivity contribution in [3.8, 4) is 0 Å². The average molecular weight is 577 g/mol. The van der Waals surface area contributed by atoms with E-state index in [1.54, 1.807) is 39.8 Å². The van der Waals surface area contributed by atoms with Gasteiger partial charge in [-0.3, -0.25) is 28.8 Å². The van der Waals surface area contributed by atoms with E-state index in [-0.39, 0.29) is 17.6 Å². The van der Waals surface area contributed by atoms with Gasteiger partial charge in [-0.25, -0.2) is 0 Å². The fourth-order valence-electron chi connectivity index (χ4n) is 5.40. The van der Waals surface area contributed by atoms with Crippen LogP contribution in [0.5, 0.6) is 0 Å². The molecule has 0 saturated carbocycles. The highest BCUT2D eigenvalue weighted by molar-refractivity contribution is 6.00. The highest BCUT2D eigenvalue weighted by atomic mass is 16.6. The summed E-state index contributed by atoms with van der Waals surface area (Å²) in [5.74, 6) is -4.73. The normalized spacial score (nSPS) is 32.2. The Balaban J connectivity index is 3.01. The lowest BCUT2D eigenvalue weighted by Gasteiger charge is -2.43.